The number of amides is 1. The number of fused-ring (bicyclic) bond motifs is 2. The Labute approximate surface area is 267 Å². The van der Waals surface area contributed by atoms with Crippen molar-refractivity contribution >= 4 is 28.2 Å². The van der Waals surface area contributed by atoms with E-state index in [2.05, 4.69) is 22.4 Å². The van der Waals surface area contributed by atoms with Crippen LogP contribution < -0.4 is 14.5 Å². The van der Waals surface area contributed by atoms with Crippen LogP contribution in [0.5, 0.6) is 11.8 Å². The van der Waals surface area contributed by atoms with Crippen molar-refractivity contribution < 1.29 is 29.6 Å². The molecule has 46 heavy (non-hydrogen) atoms. The van der Waals surface area contributed by atoms with Crippen LogP contribution in [0.15, 0.2) is 49.1 Å². The molecule has 1 unspecified atom stereocenters. The summed E-state index contributed by atoms with van der Waals surface area (Å²) in [6, 6.07) is 13.7. The minimum atomic E-state index is -2.15. The molecule has 1 aromatic heterocycles. The average molecular weight is 630 g/mol. The third-order valence-electron chi connectivity index (χ3n) is 8.78. The summed E-state index contributed by atoms with van der Waals surface area (Å²) in [6.45, 7) is 7.92. The van der Waals surface area contributed by atoms with Crippen LogP contribution in [0.4, 0.5) is 11.5 Å². The number of hydrogen-bond acceptors (Lipinski definition) is 12. The van der Waals surface area contributed by atoms with Gasteiger partial charge in [0.25, 0.3) is 5.97 Å². The molecule has 1 atom stereocenters. The van der Waals surface area contributed by atoms with Gasteiger partial charge >= 0.3 is 6.01 Å². The first-order chi connectivity index (χ1) is 22.2. The second kappa shape index (κ2) is 13.5. The van der Waals surface area contributed by atoms with Gasteiger partial charge in [-0.25, -0.2) is 0 Å². The van der Waals surface area contributed by atoms with Crippen molar-refractivity contribution in [2.75, 3.05) is 68.8 Å². The molecule has 2 fully saturated rings. The Balaban J connectivity index is 1.26. The molecule has 3 N–H and O–H groups in total. The number of carbonyl (C=O) groups excluding carboxylic acids is 1. The SMILES string of the molecule is C=CC(=O)N1CCN(c2nc(OCCCN3CCOC(O)(O)C3)nc3c2CCN(c2cc(O)cc4ccccc24)C3)CC1CC#N. The Hall–Kier alpha value is -4.48. The van der Waals surface area contributed by atoms with Gasteiger partial charge in [0.15, 0.2) is 0 Å². The van der Waals surface area contributed by atoms with Crippen molar-refractivity contribution in [2.45, 2.75) is 37.8 Å². The Kier molecular flexibility index (Phi) is 9.23. The van der Waals surface area contributed by atoms with Gasteiger partial charge in [0.2, 0.25) is 5.91 Å². The maximum Gasteiger partial charge on any atom is 0.318 e. The van der Waals surface area contributed by atoms with E-state index in [0.717, 1.165) is 33.5 Å². The molecule has 13 heteroatoms. The minimum Gasteiger partial charge on any atom is -0.508 e. The topological polar surface area (TPSA) is 159 Å². The number of ether oxygens (including phenoxy) is 2. The first-order valence-corrected chi connectivity index (χ1v) is 15.6. The number of piperazine rings is 1. The Bertz CT molecular complexity index is 1640. The third kappa shape index (κ3) is 6.85. The molecule has 242 valence electrons. The fourth-order valence-corrected chi connectivity index (χ4v) is 6.59. The van der Waals surface area contributed by atoms with E-state index in [1.165, 1.54) is 6.08 Å². The van der Waals surface area contributed by atoms with Gasteiger partial charge in [0, 0.05) is 62.0 Å². The lowest BCUT2D eigenvalue weighted by Gasteiger charge is -2.42. The summed E-state index contributed by atoms with van der Waals surface area (Å²) in [5, 5.41) is 41.6. The van der Waals surface area contributed by atoms with Crippen LogP contribution in [0, 0.1) is 11.3 Å². The fraction of sp³-hybridized carbons (Fsp3) is 0.455. The summed E-state index contributed by atoms with van der Waals surface area (Å²) in [4.78, 5) is 30.2. The monoisotopic (exact) mass is 629 g/mol. The molecule has 0 radical (unpaired) electrons. The number of benzene rings is 2. The van der Waals surface area contributed by atoms with E-state index >= 15 is 0 Å². The van der Waals surface area contributed by atoms with Gasteiger partial charge < -0.3 is 39.5 Å². The van der Waals surface area contributed by atoms with Crippen LogP contribution in [-0.4, -0.2) is 112 Å². The van der Waals surface area contributed by atoms with E-state index < -0.39 is 5.97 Å². The van der Waals surface area contributed by atoms with Crippen molar-refractivity contribution in [3.8, 4) is 17.8 Å². The lowest BCUT2D eigenvalue weighted by atomic mass is 10.0. The zero-order valence-corrected chi connectivity index (χ0v) is 25.7. The summed E-state index contributed by atoms with van der Waals surface area (Å²) in [7, 11) is 0. The second-order valence-corrected chi connectivity index (χ2v) is 11.9. The Morgan fingerprint density at radius 1 is 1.17 bits per heavy atom. The van der Waals surface area contributed by atoms with Crippen molar-refractivity contribution in [2.24, 2.45) is 0 Å². The molecule has 2 aromatic carbocycles. The number of carbonyl (C=O) groups is 1. The summed E-state index contributed by atoms with van der Waals surface area (Å²) in [6.07, 6.45) is 2.75. The molecule has 3 aromatic rings. The van der Waals surface area contributed by atoms with Gasteiger partial charge in [-0.2, -0.15) is 15.2 Å². The largest absolute Gasteiger partial charge is 0.508 e. The molecule has 3 aliphatic rings. The number of phenols is 1. The highest BCUT2D eigenvalue weighted by atomic mass is 16.8. The van der Waals surface area contributed by atoms with Crippen molar-refractivity contribution in [3.05, 3.63) is 60.3 Å². The first kappa shape index (κ1) is 31.5. The highest BCUT2D eigenvalue weighted by molar-refractivity contribution is 5.95. The molecule has 0 bridgehead atoms. The smallest absolute Gasteiger partial charge is 0.318 e. The van der Waals surface area contributed by atoms with Crippen LogP contribution in [-0.2, 0) is 22.5 Å². The highest BCUT2D eigenvalue weighted by Gasteiger charge is 2.34. The molecule has 0 aliphatic carbocycles. The van der Waals surface area contributed by atoms with Gasteiger partial charge in [-0.05, 0) is 30.4 Å². The van der Waals surface area contributed by atoms with E-state index in [0.29, 0.717) is 65.3 Å². The number of aliphatic hydroxyl groups is 2. The Morgan fingerprint density at radius 2 is 2.02 bits per heavy atom. The number of hydrogen-bond donors (Lipinski definition) is 3. The maximum absolute atomic E-state index is 12.5. The lowest BCUT2D eigenvalue weighted by molar-refractivity contribution is -0.358. The average Bonchev–Trinajstić information content (AvgIpc) is 3.05. The summed E-state index contributed by atoms with van der Waals surface area (Å²) in [5.74, 6) is -1.40. The number of aromatic hydroxyl groups is 1. The van der Waals surface area contributed by atoms with Gasteiger partial charge in [-0.15, -0.1) is 0 Å². The number of morpholine rings is 1. The molecule has 13 nitrogen and oxygen atoms in total. The van der Waals surface area contributed by atoms with E-state index in [4.69, 9.17) is 19.4 Å². The molecule has 3 aliphatic heterocycles. The molecule has 4 heterocycles. The number of phenolic OH excluding ortho intramolecular Hbond substituents is 1. The van der Waals surface area contributed by atoms with Crippen molar-refractivity contribution in [1.29, 1.82) is 5.26 Å². The number of nitriles is 1. The number of aromatic nitrogens is 2. The fourth-order valence-electron chi connectivity index (χ4n) is 6.59. The predicted octanol–water partition coefficient (Wildman–Crippen LogP) is 1.75. The number of rotatable bonds is 9. The standard InChI is InChI=1S/C33H39N7O6/c1-2-30(42)40-14-13-39(20-24(40)8-10-34)31-27-9-12-38(29-19-25(41)18-23-6-3-4-7-26(23)29)21-28(27)35-32(36-31)45-16-5-11-37-15-17-46-33(43,44)22-37/h2-4,6-7,18-19,24,41,43-44H,1,5,8-9,11-17,20-22H2. The van der Waals surface area contributed by atoms with Crippen LogP contribution in [0.2, 0.25) is 0 Å². The normalized spacial score (nSPS) is 19.8. The van der Waals surface area contributed by atoms with Crippen molar-refractivity contribution in [3.63, 3.8) is 0 Å². The molecule has 1 amide bonds. The minimum absolute atomic E-state index is 0.00372. The van der Waals surface area contributed by atoms with Crippen LogP contribution in [0.3, 0.4) is 0 Å². The van der Waals surface area contributed by atoms with E-state index in [1.54, 1.807) is 17.0 Å². The predicted molar refractivity (Wildman–Crippen MR) is 170 cm³/mol. The highest BCUT2D eigenvalue weighted by Crippen LogP contribution is 2.36. The van der Waals surface area contributed by atoms with Crippen molar-refractivity contribution in [1.82, 2.24) is 19.8 Å². The first-order valence-electron chi connectivity index (χ1n) is 15.6. The molecular formula is C33H39N7O6. The molecular weight excluding hydrogens is 590 g/mol. The zero-order valence-electron chi connectivity index (χ0n) is 25.7. The third-order valence-corrected chi connectivity index (χ3v) is 8.78. The zero-order chi connectivity index (χ0) is 32.3. The number of anilines is 2. The summed E-state index contributed by atoms with van der Waals surface area (Å²) < 4.78 is 11.1. The number of nitrogens with zero attached hydrogens (tertiary/aromatic N) is 7. The summed E-state index contributed by atoms with van der Waals surface area (Å²) >= 11 is 0. The molecule has 2 saturated heterocycles. The maximum atomic E-state index is 12.5. The van der Waals surface area contributed by atoms with E-state index in [1.807, 2.05) is 29.2 Å². The lowest BCUT2D eigenvalue weighted by Crippen LogP contribution is -2.55. The van der Waals surface area contributed by atoms with Crippen LogP contribution >= 0.6 is 0 Å². The van der Waals surface area contributed by atoms with Crippen LogP contribution in [0.25, 0.3) is 10.8 Å². The molecule has 6 rings (SSSR count). The van der Waals surface area contributed by atoms with Gasteiger partial charge in [-0.1, -0.05) is 30.8 Å². The Morgan fingerprint density at radius 3 is 2.83 bits per heavy atom. The molecule has 0 spiro atoms. The molecule has 0 saturated carbocycles. The second-order valence-electron chi connectivity index (χ2n) is 11.9. The van der Waals surface area contributed by atoms with Gasteiger partial charge in [0.05, 0.1) is 50.5 Å². The van der Waals surface area contributed by atoms with Gasteiger partial charge in [-0.3, -0.25) is 9.69 Å². The quantitative estimate of drug-likeness (QED) is 0.179. The van der Waals surface area contributed by atoms with Gasteiger partial charge in [0.1, 0.15) is 11.6 Å². The van der Waals surface area contributed by atoms with Crippen LogP contribution in [0.1, 0.15) is 24.1 Å². The number of β-amino-alcohol motifs (C(OH)–C–C–N with tert-alkyl or cyclic N) is 2. The van der Waals surface area contributed by atoms with E-state index in [-0.39, 0.29) is 43.3 Å². The summed E-state index contributed by atoms with van der Waals surface area (Å²) in [5.41, 5.74) is 2.74. The van der Waals surface area contributed by atoms with E-state index in [9.17, 15) is 25.4 Å².